The summed E-state index contributed by atoms with van der Waals surface area (Å²) >= 11 is 3.55. The minimum absolute atomic E-state index is 0.647. The van der Waals surface area contributed by atoms with Gasteiger partial charge in [0.1, 0.15) is 0 Å². The Labute approximate surface area is 133 Å². The summed E-state index contributed by atoms with van der Waals surface area (Å²) in [5.41, 5.74) is 4.44. The predicted octanol–water partition coefficient (Wildman–Crippen LogP) is 5.52. The molecule has 21 heavy (non-hydrogen) atoms. The Bertz CT molecular complexity index is 787. The molecule has 1 aliphatic carbocycles. The van der Waals surface area contributed by atoms with Gasteiger partial charge in [0.05, 0.1) is 0 Å². The molecule has 106 valence electrons. The molecule has 2 heteroatoms. The van der Waals surface area contributed by atoms with Crippen molar-refractivity contribution in [2.24, 2.45) is 0 Å². The molecule has 1 atom stereocenters. The Morgan fingerprint density at radius 3 is 2.95 bits per heavy atom. The van der Waals surface area contributed by atoms with Crippen LogP contribution in [0.2, 0.25) is 0 Å². The van der Waals surface area contributed by atoms with Crippen LogP contribution in [0.3, 0.4) is 0 Å². The molecular formula is C19H18BrN. The Morgan fingerprint density at radius 1 is 1.10 bits per heavy atom. The highest BCUT2D eigenvalue weighted by atomic mass is 79.9. The molecule has 0 aliphatic heterocycles. The van der Waals surface area contributed by atoms with Gasteiger partial charge in [0, 0.05) is 34.0 Å². The summed E-state index contributed by atoms with van der Waals surface area (Å²) in [6, 6.07) is 17.7. The van der Waals surface area contributed by atoms with Crippen molar-refractivity contribution in [3.05, 3.63) is 70.3 Å². The largest absolute Gasteiger partial charge is 0.347 e. The van der Waals surface area contributed by atoms with E-state index in [2.05, 4.69) is 75.2 Å². The normalized spacial score (nSPS) is 17.9. The Hall–Kier alpha value is -1.54. The van der Waals surface area contributed by atoms with Gasteiger partial charge >= 0.3 is 0 Å². The van der Waals surface area contributed by atoms with Gasteiger partial charge < -0.3 is 4.57 Å². The summed E-state index contributed by atoms with van der Waals surface area (Å²) in [7, 11) is 0. The average Bonchev–Trinajstić information content (AvgIpc) is 2.90. The van der Waals surface area contributed by atoms with E-state index in [-0.39, 0.29) is 0 Å². The van der Waals surface area contributed by atoms with E-state index in [1.165, 1.54) is 30.2 Å². The summed E-state index contributed by atoms with van der Waals surface area (Å²) in [6.45, 7) is 1.09. The maximum atomic E-state index is 3.55. The van der Waals surface area contributed by atoms with Gasteiger partial charge in [-0.2, -0.15) is 0 Å². The van der Waals surface area contributed by atoms with Crippen molar-refractivity contribution in [2.45, 2.75) is 31.7 Å². The average molecular weight is 340 g/mol. The zero-order valence-corrected chi connectivity index (χ0v) is 13.5. The Balaban J connectivity index is 1.70. The third kappa shape index (κ3) is 2.42. The number of aryl methyl sites for hydroxylation is 1. The van der Waals surface area contributed by atoms with E-state index < -0.39 is 0 Å². The van der Waals surface area contributed by atoms with Gasteiger partial charge in [0.2, 0.25) is 0 Å². The van der Waals surface area contributed by atoms with E-state index in [0.717, 1.165) is 11.0 Å². The van der Waals surface area contributed by atoms with Crippen molar-refractivity contribution in [2.75, 3.05) is 0 Å². The number of rotatable bonds is 2. The Kier molecular flexibility index (Phi) is 3.34. The molecule has 0 saturated heterocycles. The van der Waals surface area contributed by atoms with E-state index in [0.29, 0.717) is 5.92 Å². The van der Waals surface area contributed by atoms with E-state index in [1.54, 1.807) is 11.1 Å². The molecule has 0 N–H and O–H groups in total. The molecule has 0 bridgehead atoms. The molecule has 4 rings (SSSR count). The first kappa shape index (κ1) is 13.1. The van der Waals surface area contributed by atoms with Gasteiger partial charge in [-0.15, -0.1) is 0 Å². The van der Waals surface area contributed by atoms with Crippen LogP contribution < -0.4 is 0 Å². The lowest BCUT2D eigenvalue weighted by atomic mass is 9.83. The van der Waals surface area contributed by atoms with Crippen LogP contribution in [0, 0.1) is 0 Å². The molecule has 2 aromatic carbocycles. The van der Waals surface area contributed by atoms with Crippen molar-refractivity contribution in [1.29, 1.82) is 0 Å². The van der Waals surface area contributed by atoms with Gasteiger partial charge in [0.25, 0.3) is 0 Å². The van der Waals surface area contributed by atoms with Crippen molar-refractivity contribution in [3.63, 3.8) is 0 Å². The quantitative estimate of drug-likeness (QED) is 0.578. The first-order valence-electron chi connectivity index (χ1n) is 7.63. The molecular weight excluding hydrogens is 322 g/mol. The third-order valence-corrected chi connectivity index (χ3v) is 5.14. The van der Waals surface area contributed by atoms with E-state index in [4.69, 9.17) is 0 Å². The number of fused-ring (bicyclic) bond motifs is 2. The summed E-state index contributed by atoms with van der Waals surface area (Å²) in [4.78, 5) is 0. The second-order valence-electron chi connectivity index (χ2n) is 5.96. The summed E-state index contributed by atoms with van der Waals surface area (Å²) in [5.74, 6) is 0.647. The van der Waals surface area contributed by atoms with Gasteiger partial charge in [0.15, 0.2) is 0 Å². The van der Waals surface area contributed by atoms with E-state index >= 15 is 0 Å². The number of benzene rings is 2. The number of hydrogen-bond donors (Lipinski definition) is 0. The van der Waals surface area contributed by atoms with Crippen LogP contribution in [-0.4, -0.2) is 4.57 Å². The van der Waals surface area contributed by atoms with Crippen molar-refractivity contribution in [3.8, 4) is 0 Å². The highest BCUT2D eigenvalue weighted by Gasteiger charge is 2.20. The minimum atomic E-state index is 0.647. The number of hydrogen-bond acceptors (Lipinski definition) is 0. The molecule has 1 aliphatic rings. The lowest BCUT2D eigenvalue weighted by Gasteiger charge is -2.26. The fraction of sp³-hybridized carbons (Fsp3) is 0.263. The molecule has 0 fully saturated rings. The molecule has 1 aromatic heterocycles. The summed E-state index contributed by atoms with van der Waals surface area (Å²) in [6.07, 6.45) is 6.08. The lowest BCUT2D eigenvalue weighted by Crippen LogP contribution is -2.15. The first-order chi connectivity index (χ1) is 10.3. The minimum Gasteiger partial charge on any atom is -0.347 e. The zero-order valence-electron chi connectivity index (χ0n) is 11.9. The van der Waals surface area contributed by atoms with Crippen LogP contribution in [0.1, 0.15) is 29.9 Å². The lowest BCUT2D eigenvalue weighted by molar-refractivity contribution is 0.490. The standard InChI is InChI=1S/C19H18BrN/c20-17-8-9-19-15(12-17)10-11-21(19)13-16-6-3-5-14-4-1-2-7-18(14)16/h1-2,4,7-12,16H,3,5-6,13H2. The van der Waals surface area contributed by atoms with Crippen LogP contribution in [0.4, 0.5) is 0 Å². The molecule has 3 aromatic rings. The Morgan fingerprint density at radius 2 is 2.00 bits per heavy atom. The van der Waals surface area contributed by atoms with Gasteiger partial charge in [-0.1, -0.05) is 40.2 Å². The smallest absolute Gasteiger partial charge is 0.0481 e. The molecule has 1 unspecified atom stereocenters. The van der Waals surface area contributed by atoms with Crippen LogP contribution >= 0.6 is 15.9 Å². The fourth-order valence-corrected chi connectivity index (χ4v) is 3.99. The molecule has 1 heterocycles. The zero-order chi connectivity index (χ0) is 14.2. The maximum absolute atomic E-state index is 3.55. The van der Waals surface area contributed by atoms with Crippen molar-refractivity contribution < 1.29 is 0 Å². The summed E-state index contributed by atoms with van der Waals surface area (Å²) in [5, 5.41) is 1.31. The number of aromatic nitrogens is 1. The second-order valence-corrected chi connectivity index (χ2v) is 6.87. The van der Waals surface area contributed by atoms with Gasteiger partial charge in [-0.3, -0.25) is 0 Å². The van der Waals surface area contributed by atoms with Crippen molar-refractivity contribution >= 4 is 26.8 Å². The maximum Gasteiger partial charge on any atom is 0.0481 e. The SMILES string of the molecule is Brc1ccc2c(ccn2CC2CCCc3ccccc32)c1. The predicted molar refractivity (Wildman–Crippen MR) is 91.8 cm³/mol. The highest BCUT2D eigenvalue weighted by molar-refractivity contribution is 9.10. The molecule has 0 radical (unpaired) electrons. The monoisotopic (exact) mass is 339 g/mol. The highest BCUT2D eigenvalue weighted by Crippen LogP contribution is 2.33. The van der Waals surface area contributed by atoms with Crippen LogP contribution in [0.25, 0.3) is 10.9 Å². The topological polar surface area (TPSA) is 4.93 Å². The molecule has 1 nitrogen and oxygen atoms in total. The van der Waals surface area contributed by atoms with Crippen LogP contribution in [-0.2, 0) is 13.0 Å². The van der Waals surface area contributed by atoms with E-state index in [9.17, 15) is 0 Å². The van der Waals surface area contributed by atoms with E-state index in [1.807, 2.05) is 0 Å². The second kappa shape index (κ2) is 5.34. The molecule has 0 amide bonds. The van der Waals surface area contributed by atoms with Crippen LogP contribution in [0.5, 0.6) is 0 Å². The molecule has 0 spiro atoms. The van der Waals surface area contributed by atoms with Crippen LogP contribution in [0.15, 0.2) is 59.2 Å². The van der Waals surface area contributed by atoms with Crippen molar-refractivity contribution in [1.82, 2.24) is 4.57 Å². The number of nitrogens with zero attached hydrogens (tertiary/aromatic N) is 1. The first-order valence-corrected chi connectivity index (χ1v) is 8.43. The molecule has 0 saturated carbocycles. The van der Waals surface area contributed by atoms with Gasteiger partial charge in [-0.25, -0.2) is 0 Å². The third-order valence-electron chi connectivity index (χ3n) is 4.64. The summed E-state index contributed by atoms with van der Waals surface area (Å²) < 4.78 is 3.56. The van der Waals surface area contributed by atoms with Gasteiger partial charge in [-0.05, 0) is 54.7 Å². The number of halogens is 1. The fourth-order valence-electron chi connectivity index (χ4n) is 3.61.